The summed E-state index contributed by atoms with van der Waals surface area (Å²) in [5, 5.41) is 3.46. The Balaban J connectivity index is 1.42. The number of para-hydroxylation sites is 1. The number of ether oxygens (including phenoxy) is 1. The van der Waals surface area contributed by atoms with E-state index >= 15 is 0 Å². The molecule has 0 atom stereocenters. The van der Waals surface area contributed by atoms with E-state index in [1.807, 2.05) is 65.6 Å². The number of halogens is 1. The summed E-state index contributed by atoms with van der Waals surface area (Å²) in [6.45, 7) is 0.999. The van der Waals surface area contributed by atoms with E-state index in [0.717, 1.165) is 11.1 Å². The van der Waals surface area contributed by atoms with Crippen molar-refractivity contribution in [3.8, 4) is 5.75 Å². The molecular formula is C24H21ClN2O3. The molecule has 0 saturated carbocycles. The highest BCUT2D eigenvalue weighted by atomic mass is 35.5. The average molecular weight is 421 g/mol. The van der Waals surface area contributed by atoms with Crippen LogP contribution in [0.1, 0.15) is 21.5 Å². The van der Waals surface area contributed by atoms with Gasteiger partial charge in [-0.3, -0.25) is 9.59 Å². The van der Waals surface area contributed by atoms with Gasteiger partial charge in [0.1, 0.15) is 5.75 Å². The minimum absolute atomic E-state index is 0.0367. The van der Waals surface area contributed by atoms with Crippen LogP contribution < -0.4 is 10.1 Å². The maximum atomic E-state index is 13.0. The highest BCUT2D eigenvalue weighted by molar-refractivity contribution is 6.30. The zero-order valence-electron chi connectivity index (χ0n) is 16.3. The minimum Gasteiger partial charge on any atom is -0.483 e. The number of hydrogen-bond donors (Lipinski definition) is 1. The van der Waals surface area contributed by atoms with Crippen molar-refractivity contribution in [2.24, 2.45) is 0 Å². The van der Waals surface area contributed by atoms with Crippen LogP contribution in [0.3, 0.4) is 0 Å². The van der Waals surface area contributed by atoms with Crippen LogP contribution in [0.2, 0.25) is 5.02 Å². The second kappa shape index (κ2) is 9.01. The zero-order valence-corrected chi connectivity index (χ0v) is 17.1. The van der Waals surface area contributed by atoms with Crippen LogP contribution in [0, 0.1) is 0 Å². The Morgan fingerprint density at radius 3 is 2.53 bits per heavy atom. The molecule has 0 fully saturated rings. The van der Waals surface area contributed by atoms with Crippen LogP contribution in [0.15, 0.2) is 72.8 Å². The number of amides is 2. The predicted molar refractivity (Wildman–Crippen MR) is 117 cm³/mol. The standard InChI is InChI=1S/C24H21ClN2O3/c25-18-11-9-17(10-12-18)15-27-14-13-20-21(24(27)29)7-4-8-22(20)30-16-23(28)26-19-5-2-1-3-6-19/h1-12H,13-16H2,(H,26,28). The van der Waals surface area contributed by atoms with Gasteiger partial charge in [-0.2, -0.15) is 0 Å². The van der Waals surface area contributed by atoms with Crippen molar-refractivity contribution in [2.75, 3.05) is 18.5 Å². The summed E-state index contributed by atoms with van der Waals surface area (Å²) in [6.07, 6.45) is 0.672. The Labute approximate surface area is 180 Å². The molecule has 1 heterocycles. The fourth-order valence-corrected chi connectivity index (χ4v) is 3.63. The van der Waals surface area contributed by atoms with E-state index in [4.69, 9.17) is 16.3 Å². The minimum atomic E-state index is -0.245. The molecule has 1 N–H and O–H groups in total. The molecular weight excluding hydrogens is 400 g/mol. The summed E-state index contributed by atoms with van der Waals surface area (Å²) in [5.41, 5.74) is 3.22. The summed E-state index contributed by atoms with van der Waals surface area (Å²) in [6, 6.07) is 22.1. The lowest BCUT2D eigenvalue weighted by molar-refractivity contribution is -0.118. The smallest absolute Gasteiger partial charge is 0.262 e. The number of fused-ring (bicyclic) bond motifs is 1. The molecule has 3 aromatic carbocycles. The van der Waals surface area contributed by atoms with Gasteiger partial charge in [-0.25, -0.2) is 0 Å². The number of nitrogens with zero attached hydrogens (tertiary/aromatic N) is 1. The molecule has 4 rings (SSSR count). The van der Waals surface area contributed by atoms with Crippen molar-refractivity contribution in [2.45, 2.75) is 13.0 Å². The summed E-state index contributed by atoms with van der Waals surface area (Å²) < 4.78 is 5.76. The maximum absolute atomic E-state index is 13.0. The Morgan fingerprint density at radius 1 is 1.00 bits per heavy atom. The van der Waals surface area contributed by atoms with Crippen molar-refractivity contribution in [3.63, 3.8) is 0 Å². The van der Waals surface area contributed by atoms with Gasteiger partial charge in [0.15, 0.2) is 6.61 Å². The molecule has 0 aliphatic carbocycles. The second-order valence-electron chi connectivity index (χ2n) is 7.09. The summed E-state index contributed by atoms with van der Waals surface area (Å²) in [5.74, 6) is 0.297. The quantitative estimate of drug-likeness (QED) is 0.636. The number of carbonyl (C=O) groups is 2. The molecule has 0 bridgehead atoms. The third-order valence-corrected chi connectivity index (χ3v) is 5.24. The molecule has 0 spiro atoms. The topological polar surface area (TPSA) is 58.6 Å². The van der Waals surface area contributed by atoms with Crippen molar-refractivity contribution < 1.29 is 14.3 Å². The van der Waals surface area contributed by atoms with Gasteiger partial charge >= 0.3 is 0 Å². The monoisotopic (exact) mass is 420 g/mol. The first-order valence-electron chi connectivity index (χ1n) is 9.73. The first-order chi connectivity index (χ1) is 14.6. The van der Waals surface area contributed by atoms with Crippen LogP contribution in [0.25, 0.3) is 0 Å². The van der Waals surface area contributed by atoms with E-state index in [2.05, 4.69) is 5.32 Å². The molecule has 1 aliphatic heterocycles. The van der Waals surface area contributed by atoms with Gasteiger partial charge in [0.05, 0.1) is 0 Å². The number of rotatable bonds is 6. The molecule has 0 radical (unpaired) electrons. The van der Waals surface area contributed by atoms with Crippen molar-refractivity contribution >= 4 is 29.1 Å². The SMILES string of the molecule is O=C(COc1cccc2c1CCN(Cc1ccc(Cl)cc1)C2=O)Nc1ccccc1. The third kappa shape index (κ3) is 4.63. The van der Waals surface area contributed by atoms with E-state index in [1.54, 1.807) is 12.1 Å². The van der Waals surface area contributed by atoms with Gasteiger partial charge < -0.3 is 15.0 Å². The summed E-state index contributed by atoms with van der Waals surface area (Å²) in [4.78, 5) is 27.0. The van der Waals surface area contributed by atoms with Crippen LogP contribution in [-0.4, -0.2) is 29.9 Å². The van der Waals surface area contributed by atoms with Crippen LogP contribution in [0.4, 0.5) is 5.69 Å². The molecule has 0 saturated heterocycles. The van der Waals surface area contributed by atoms with Crippen molar-refractivity contribution in [1.29, 1.82) is 0 Å². The van der Waals surface area contributed by atoms with E-state index in [0.29, 0.717) is 41.5 Å². The second-order valence-corrected chi connectivity index (χ2v) is 7.52. The molecule has 1 aliphatic rings. The van der Waals surface area contributed by atoms with Crippen LogP contribution in [-0.2, 0) is 17.8 Å². The maximum Gasteiger partial charge on any atom is 0.262 e. The van der Waals surface area contributed by atoms with E-state index in [1.165, 1.54) is 0 Å². The molecule has 6 heteroatoms. The third-order valence-electron chi connectivity index (χ3n) is 4.99. The fraction of sp³-hybridized carbons (Fsp3) is 0.167. The summed E-state index contributed by atoms with van der Waals surface area (Å²) >= 11 is 5.94. The molecule has 0 unspecified atom stereocenters. The first kappa shape index (κ1) is 20.0. The van der Waals surface area contributed by atoms with Gasteiger partial charge in [-0.05, 0) is 48.4 Å². The lowest BCUT2D eigenvalue weighted by Crippen LogP contribution is -2.37. The first-order valence-corrected chi connectivity index (χ1v) is 10.1. The van der Waals surface area contributed by atoms with E-state index in [-0.39, 0.29) is 18.4 Å². The van der Waals surface area contributed by atoms with Gasteiger partial charge in [0.2, 0.25) is 0 Å². The molecule has 30 heavy (non-hydrogen) atoms. The summed E-state index contributed by atoms with van der Waals surface area (Å²) in [7, 11) is 0. The molecule has 5 nitrogen and oxygen atoms in total. The number of hydrogen-bond acceptors (Lipinski definition) is 3. The Morgan fingerprint density at radius 2 is 1.77 bits per heavy atom. The van der Waals surface area contributed by atoms with Crippen molar-refractivity contribution in [3.05, 3.63) is 94.5 Å². The highest BCUT2D eigenvalue weighted by Crippen LogP contribution is 2.29. The van der Waals surface area contributed by atoms with Crippen molar-refractivity contribution in [1.82, 2.24) is 4.90 Å². The zero-order chi connectivity index (χ0) is 20.9. The van der Waals surface area contributed by atoms with E-state index < -0.39 is 0 Å². The highest BCUT2D eigenvalue weighted by Gasteiger charge is 2.26. The number of anilines is 1. The predicted octanol–water partition coefficient (Wildman–Crippen LogP) is 4.56. The van der Waals surface area contributed by atoms with Crippen LogP contribution >= 0.6 is 11.6 Å². The Bertz CT molecular complexity index is 1050. The Kier molecular flexibility index (Phi) is 6.00. The van der Waals surface area contributed by atoms with Gasteiger partial charge in [-0.1, -0.05) is 48.0 Å². The van der Waals surface area contributed by atoms with Gasteiger partial charge in [0, 0.05) is 34.9 Å². The lowest BCUT2D eigenvalue weighted by Gasteiger charge is -2.29. The van der Waals surface area contributed by atoms with E-state index in [9.17, 15) is 9.59 Å². The largest absolute Gasteiger partial charge is 0.483 e. The van der Waals surface area contributed by atoms with Gasteiger partial charge in [0.25, 0.3) is 11.8 Å². The molecule has 0 aromatic heterocycles. The molecule has 152 valence electrons. The Hall–Kier alpha value is -3.31. The average Bonchev–Trinajstić information content (AvgIpc) is 2.76. The number of carbonyl (C=O) groups excluding carboxylic acids is 2. The van der Waals surface area contributed by atoms with Gasteiger partial charge in [-0.15, -0.1) is 0 Å². The fourth-order valence-electron chi connectivity index (χ4n) is 3.50. The lowest BCUT2D eigenvalue weighted by atomic mass is 9.97. The number of nitrogens with one attached hydrogen (secondary N) is 1. The van der Waals surface area contributed by atoms with Crippen LogP contribution in [0.5, 0.6) is 5.75 Å². The molecule has 3 aromatic rings. The molecule has 2 amide bonds. The number of benzene rings is 3. The normalized spacial score (nSPS) is 13.0.